The lowest BCUT2D eigenvalue weighted by Crippen LogP contribution is -2.44. The van der Waals surface area contributed by atoms with Crippen molar-refractivity contribution in [2.45, 2.75) is 45.3 Å². The van der Waals surface area contributed by atoms with Gasteiger partial charge in [-0.05, 0) is 63.9 Å². The molecule has 1 N–H and O–H groups in total. The average Bonchev–Trinajstić information content (AvgIpc) is 3.40. The third kappa shape index (κ3) is 5.12. The highest BCUT2D eigenvalue weighted by Gasteiger charge is 2.27. The number of aromatic nitrogens is 4. The topological polar surface area (TPSA) is 84.6 Å². The third-order valence-corrected chi connectivity index (χ3v) is 6.51. The Morgan fingerprint density at radius 2 is 1.89 bits per heavy atom. The van der Waals surface area contributed by atoms with Crippen LogP contribution in [0.15, 0.2) is 48.1 Å². The van der Waals surface area contributed by atoms with E-state index in [1.54, 1.807) is 23.2 Å². The molecule has 4 heterocycles. The fourth-order valence-corrected chi connectivity index (χ4v) is 4.83. The van der Waals surface area contributed by atoms with Crippen LogP contribution in [-0.2, 0) is 4.74 Å². The fourth-order valence-electron chi connectivity index (χ4n) is 4.12. The van der Waals surface area contributed by atoms with Gasteiger partial charge in [0.2, 0.25) is 5.95 Å². The van der Waals surface area contributed by atoms with Gasteiger partial charge in [0, 0.05) is 42.5 Å². The highest BCUT2D eigenvalue weighted by Crippen LogP contribution is 2.33. The minimum Gasteiger partial charge on any atom is -0.444 e. The minimum absolute atomic E-state index is 0.145. The molecule has 0 atom stereocenters. The van der Waals surface area contributed by atoms with Gasteiger partial charge in [-0.15, -0.1) is 11.3 Å². The van der Waals surface area contributed by atoms with E-state index in [1.165, 1.54) is 23.5 Å². The second-order valence-corrected chi connectivity index (χ2v) is 10.4. The van der Waals surface area contributed by atoms with Gasteiger partial charge in [-0.25, -0.2) is 24.1 Å². The Balaban J connectivity index is 1.34. The summed E-state index contributed by atoms with van der Waals surface area (Å²) in [4.78, 5) is 28.9. The molecule has 1 amide bonds. The molecule has 10 heteroatoms. The number of rotatable bonds is 4. The first-order chi connectivity index (χ1) is 16.8. The van der Waals surface area contributed by atoms with Gasteiger partial charge in [-0.2, -0.15) is 0 Å². The van der Waals surface area contributed by atoms with Crippen molar-refractivity contribution >= 4 is 28.3 Å². The van der Waals surface area contributed by atoms with Crippen LogP contribution < -0.4 is 5.32 Å². The van der Waals surface area contributed by atoms with Gasteiger partial charge in [-0.3, -0.25) is 4.40 Å². The Bertz CT molecular complexity index is 1340. The maximum atomic E-state index is 13.5. The van der Waals surface area contributed by atoms with Crippen molar-refractivity contribution in [2.24, 2.45) is 0 Å². The van der Waals surface area contributed by atoms with Crippen LogP contribution in [0, 0.1) is 5.82 Å². The molecule has 182 valence electrons. The molecule has 8 nitrogen and oxygen atoms in total. The van der Waals surface area contributed by atoms with E-state index >= 15 is 0 Å². The van der Waals surface area contributed by atoms with Crippen molar-refractivity contribution in [3.8, 4) is 22.6 Å². The predicted octanol–water partition coefficient (Wildman–Crippen LogP) is 5.47. The molecule has 0 saturated carbocycles. The van der Waals surface area contributed by atoms with E-state index < -0.39 is 5.60 Å². The van der Waals surface area contributed by atoms with E-state index in [9.17, 15) is 9.18 Å². The molecule has 5 rings (SSSR count). The summed E-state index contributed by atoms with van der Waals surface area (Å²) in [5, 5.41) is 5.39. The number of carbonyl (C=O) groups is 1. The summed E-state index contributed by atoms with van der Waals surface area (Å²) in [6.07, 6.45) is 4.95. The zero-order chi connectivity index (χ0) is 24.6. The normalized spacial score (nSPS) is 14.9. The average molecular weight is 495 g/mol. The number of nitrogens with zero attached hydrogens (tertiary/aromatic N) is 5. The Labute approximate surface area is 206 Å². The maximum Gasteiger partial charge on any atom is 0.410 e. The highest BCUT2D eigenvalue weighted by molar-refractivity contribution is 7.15. The summed E-state index contributed by atoms with van der Waals surface area (Å²) in [7, 11) is 0. The Hall–Kier alpha value is -3.53. The van der Waals surface area contributed by atoms with Crippen molar-refractivity contribution < 1.29 is 13.9 Å². The Morgan fingerprint density at radius 1 is 1.14 bits per heavy atom. The van der Waals surface area contributed by atoms with Crippen LogP contribution in [0.25, 0.3) is 27.6 Å². The summed E-state index contributed by atoms with van der Waals surface area (Å²) >= 11 is 1.53. The maximum absolute atomic E-state index is 13.5. The van der Waals surface area contributed by atoms with E-state index in [4.69, 9.17) is 14.7 Å². The van der Waals surface area contributed by atoms with Gasteiger partial charge in [0.25, 0.3) is 0 Å². The number of imidazole rings is 1. The predicted molar refractivity (Wildman–Crippen MR) is 134 cm³/mol. The molecule has 0 aliphatic carbocycles. The zero-order valence-electron chi connectivity index (χ0n) is 19.9. The lowest BCUT2D eigenvalue weighted by molar-refractivity contribution is 0.0210. The number of thiazole rings is 1. The smallest absolute Gasteiger partial charge is 0.410 e. The first-order valence-electron chi connectivity index (χ1n) is 11.6. The second-order valence-electron chi connectivity index (χ2n) is 9.52. The number of likely N-dealkylation sites (tertiary alicyclic amines) is 1. The largest absolute Gasteiger partial charge is 0.444 e. The van der Waals surface area contributed by atoms with Gasteiger partial charge < -0.3 is 15.0 Å². The van der Waals surface area contributed by atoms with Crippen LogP contribution in [0.5, 0.6) is 0 Å². The van der Waals surface area contributed by atoms with Crippen molar-refractivity contribution in [3.63, 3.8) is 0 Å². The lowest BCUT2D eigenvalue weighted by atomic mass is 10.1. The molecular formula is C25H27FN6O2S. The van der Waals surface area contributed by atoms with E-state index in [-0.39, 0.29) is 18.0 Å². The van der Waals surface area contributed by atoms with E-state index in [1.807, 2.05) is 42.8 Å². The molecule has 0 unspecified atom stereocenters. The monoisotopic (exact) mass is 494 g/mol. The van der Waals surface area contributed by atoms with Crippen LogP contribution in [0.3, 0.4) is 0 Å². The van der Waals surface area contributed by atoms with Crippen LogP contribution in [-0.4, -0.2) is 55.1 Å². The molecule has 0 bridgehead atoms. The highest BCUT2D eigenvalue weighted by atomic mass is 32.1. The van der Waals surface area contributed by atoms with Crippen LogP contribution >= 0.6 is 11.3 Å². The summed E-state index contributed by atoms with van der Waals surface area (Å²) in [5.41, 5.74) is 2.61. The number of piperidine rings is 1. The molecule has 1 aromatic carbocycles. The number of amides is 1. The number of fused-ring (bicyclic) bond motifs is 1. The first-order valence-corrected chi connectivity index (χ1v) is 12.4. The summed E-state index contributed by atoms with van der Waals surface area (Å²) in [6, 6.07) is 8.32. The van der Waals surface area contributed by atoms with Crippen LogP contribution in [0.4, 0.5) is 15.1 Å². The van der Waals surface area contributed by atoms with Crippen molar-refractivity contribution in [1.29, 1.82) is 0 Å². The van der Waals surface area contributed by atoms with Crippen LogP contribution in [0.1, 0.15) is 33.6 Å². The molecule has 3 aromatic heterocycles. The number of halogens is 1. The van der Waals surface area contributed by atoms with Crippen molar-refractivity contribution in [2.75, 3.05) is 18.4 Å². The van der Waals surface area contributed by atoms with Gasteiger partial charge in [0.15, 0.2) is 4.96 Å². The first kappa shape index (κ1) is 23.2. The number of benzene rings is 1. The Morgan fingerprint density at radius 3 is 2.60 bits per heavy atom. The summed E-state index contributed by atoms with van der Waals surface area (Å²) in [6.45, 7) is 6.83. The number of hydrogen-bond acceptors (Lipinski definition) is 7. The molecule has 0 spiro atoms. The third-order valence-electron chi connectivity index (χ3n) is 5.76. The molecule has 1 aliphatic heterocycles. The van der Waals surface area contributed by atoms with Crippen molar-refractivity contribution in [1.82, 2.24) is 24.3 Å². The number of hydrogen-bond donors (Lipinski definition) is 1. The standard InChI is InChI=1S/C25H27FN6O2S/c1-25(2,3)34-24(33)31-12-9-18(10-13-31)28-22-27-11-8-19(29-22)21-20(16-4-6-17(26)7-5-16)30-23-32(21)14-15-35-23/h4-8,11,14-15,18H,9-10,12-13H2,1-3H3,(H,27,28,29). The number of nitrogens with one attached hydrogen (secondary N) is 1. The van der Waals surface area contributed by atoms with Gasteiger partial charge in [-0.1, -0.05) is 0 Å². The molecule has 35 heavy (non-hydrogen) atoms. The van der Waals surface area contributed by atoms with Crippen LogP contribution in [0.2, 0.25) is 0 Å². The molecule has 4 aromatic rings. The molecule has 1 saturated heterocycles. The van der Waals surface area contributed by atoms with Gasteiger partial charge in [0.1, 0.15) is 17.1 Å². The molecule has 1 fully saturated rings. The number of ether oxygens (including phenoxy) is 1. The fraction of sp³-hybridized carbons (Fsp3) is 0.360. The molecule has 0 radical (unpaired) electrons. The Kier molecular flexibility index (Phi) is 6.14. The van der Waals surface area contributed by atoms with Crippen molar-refractivity contribution in [3.05, 3.63) is 53.9 Å². The number of carbonyl (C=O) groups excluding carboxylic acids is 1. The van der Waals surface area contributed by atoms with Gasteiger partial charge >= 0.3 is 6.09 Å². The quantitative estimate of drug-likeness (QED) is 0.405. The number of anilines is 1. The second kappa shape index (κ2) is 9.26. The molecule has 1 aliphatic rings. The summed E-state index contributed by atoms with van der Waals surface area (Å²) in [5.74, 6) is 0.232. The van der Waals surface area contributed by atoms with E-state index in [0.29, 0.717) is 19.0 Å². The summed E-state index contributed by atoms with van der Waals surface area (Å²) < 4.78 is 21.0. The zero-order valence-corrected chi connectivity index (χ0v) is 20.7. The SMILES string of the molecule is CC(C)(C)OC(=O)N1CCC(Nc2nccc(-c3c(-c4ccc(F)cc4)nc4sccn34)n2)CC1. The van der Waals surface area contributed by atoms with Gasteiger partial charge in [0.05, 0.1) is 11.4 Å². The lowest BCUT2D eigenvalue weighted by Gasteiger charge is -2.33. The minimum atomic E-state index is -0.505. The van der Waals surface area contributed by atoms with E-state index in [0.717, 1.165) is 40.4 Å². The van der Waals surface area contributed by atoms with E-state index in [2.05, 4.69) is 10.3 Å². The molecular weight excluding hydrogens is 467 g/mol.